The molecule has 0 atom stereocenters. The zero-order valence-corrected chi connectivity index (χ0v) is 25.4. The van der Waals surface area contributed by atoms with Gasteiger partial charge in [-0.3, -0.25) is 19.1 Å². The number of nitrogens with zero attached hydrogens (tertiary/aromatic N) is 2. The monoisotopic (exact) mass is 625 g/mol. The minimum absolute atomic E-state index is 0.0116. The molecule has 0 bridgehead atoms. The number of alkyl halides is 3. The second kappa shape index (κ2) is 14.2. The number of amides is 1. The maximum Gasteiger partial charge on any atom is 0.389 e. The molecule has 0 aliphatic rings. The third-order valence-electron chi connectivity index (χ3n) is 7.07. The summed E-state index contributed by atoms with van der Waals surface area (Å²) in [5.74, 6) is -1.41. The molecular weight excluding hydrogens is 590 g/mol. The first kappa shape index (κ1) is 33.9. The highest BCUT2D eigenvalue weighted by molar-refractivity contribution is 6.31. The van der Waals surface area contributed by atoms with Gasteiger partial charge in [0.15, 0.2) is 5.78 Å². The number of hydrogen-bond acceptors (Lipinski definition) is 4. The van der Waals surface area contributed by atoms with Crippen LogP contribution < -0.4 is 15.6 Å². The second-order valence-corrected chi connectivity index (χ2v) is 11.5. The van der Waals surface area contributed by atoms with Crippen molar-refractivity contribution in [1.29, 1.82) is 0 Å². The van der Waals surface area contributed by atoms with Gasteiger partial charge in [0.25, 0.3) is 5.56 Å². The molecule has 3 aromatic rings. The maximum atomic E-state index is 13.9. The van der Waals surface area contributed by atoms with E-state index in [1.807, 2.05) is 0 Å². The molecule has 234 valence electrons. The molecule has 0 radical (unpaired) electrons. The third kappa shape index (κ3) is 9.19. The average Bonchev–Trinajstić information content (AvgIpc) is 3.15. The average molecular weight is 626 g/mol. The van der Waals surface area contributed by atoms with Gasteiger partial charge in [-0.2, -0.15) is 13.2 Å². The summed E-state index contributed by atoms with van der Waals surface area (Å²) in [7, 11) is 1.62. The molecule has 0 fully saturated rings. The van der Waals surface area contributed by atoms with Crippen LogP contribution in [-0.2, 0) is 18.3 Å². The number of ketones is 1. The Balaban J connectivity index is 1.76. The van der Waals surface area contributed by atoms with Crippen LogP contribution in [0, 0.1) is 11.2 Å². The topological polar surface area (TPSA) is 82.3 Å². The van der Waals surface area contributed by atoms with Crippen LogP contribution in [-0.4, -0.2) is 33.8 Å². The number of Topliss-reactive ketones (excluding diaryl/α,β-unsaturated/α-hetero) is 1. The number of hydrogen-bond donors (Lipinski definition) is 1. The van der Waals surface area contributed by atoms with Gasteiger partial charge in [0.05, 0.1) is 28.6 Å². The Morgan fingerprint density at radius 1 is 1.05 bits per heavy atom. The van der Waals surface area contributed by atoms with Gasteiger partial charge in [-0.15, -0.1) is 0 Å². The fraction of sp³-hybridized carbons (Fsp3) is 0.452. The normalized spacial score (nSPS) is 11.9. The van der Waals surface area contributed by atoms with E-state index in [1.54, 1.807) is 62.8 Å². The summed E-state index contributed by atoms with van der Waals surface area (Å²) in [5.41, 5.74) is -0.0770. The largest absolute Gasteiger partial charge is 0.493 e. The van der Waals surface area contributed by atoms with Gasteiger partial charge in [-0.1, -0.05) is 43.6 Å². The van der Waals surface area contributed by atoms with E-state index in [2.05, 4.69) is 5.32 Å². The Labute approximate surface area is 252 Å². The highest BCUT2D eigenvalue weighted by Gasteiger charge is 2.29. The van der Waals surface area contributed by atoms with Crippen molar-refractivity contribution in [2.24, 2.45) is 12.5 Å². The van der Waals surface area contributed by atoms with Gasteiger partial charge in [0, 0.05) is 32.4 Å². The standard InChI is InChI=1S/C31H36ClF4N3O4/c1-5-43-26-18-23(33)22(32)17-21(26)25(40)14-16-30(2,3)19-27(41)37-28-24(13-9-10-15-31(34,35)36)38(4)39(29(28)42)20-11-7-6-8-12-20/h6-8,11-12,17-18H,5,9-10,13-16,19H2,1-4H3,(H,37,41). The summed E-state index contributed by atoms with van der Waals surface area (Å²) in [6.07, 6.45) is -4.75. The lowest BCUT2D eigenvalue weighted by Crippen LogP contribution is -2.26. The molecule has 2 aromatic carbocycles. The quantitative estimate of drug-likeness (QED) is 0.113. The summed E-state index contributed by atoms with van der Waals surface area (Å²) in [6.45, 7) is 5.53. The van der Waals surface area contributed by atoms with E-state index in [0.717, 1.165) is 6.07 Å². The van der Waals surface area contributed by atoms with Crippen LogP contribution in [0.2, 0.25) is 5.02 Å². The fourth-order valence-corrected chi connectivity index (χ4v) is 5.02. The van der Waals surface area contributed by atoms with E-state index >= 15 is 0 Å². The predicted molar refractivity (Wildman–Crippen MR) is 158 cm³/mol. The summed E-state index contributed by atoms with van der Waals surface area (Å²) in [4.78, 5) is 39.7. The summed E-state index contributed by atoms with van der Waals surface area (Å²) < 4.78 is 60.3. The molecule has 1 aromatic heterocycles. The van der Waals surface area contributed by atoms with Crippen molar-refractivity contribution in [2.75, 3.05) is 11.9 Å². The van der Waals surface area contributed by atoms with Crippen molar-refractivity contribution in [3.8, 4) is 11.4 Å². The van der Waals surface area contributed by atoms with Crippen LogP contribution in [0.15, 0.2) is 47.3 Å². The van der Waals surface area contributed by atoms with Crippen LogP contribution in [0.4, 0.5) is 23.2 Å². The van der Waals surface area contributed by atoms with Crippen LogP contribution in [0.1, 0.15) is 75.3 Å². The fourth-order valence-electron chi connectivity index (χ4n) is 4.85. The van der Waals surface area contributed by atoms with Crippen molar-refractivity contribution in [1.82, 2.24) is 9.36 Å². The number of benzene rings is 2. The molecule has 3 rings (SSSR count). The Morgan fingerprint density at radius 2 is 1.72 bits per heavy atom. The lowest BCUT2D eigenvalue weighted by molar-refractivity contribution is -0.135. The second-order valence-electron chi connectivity index (χ2n) is 11.1. The number of para-hydroxylation sites is 1. The number of carbonyl (C=O) groups is 2. The van der Waals surface area contributed by atoms with Gasteiger partial charge in [0.1, 0.15) is 17.3 Å². The van der Waals surface area contributed by atoms with Crippen molar-refractivity contribution >= 4 is 29.0 Å². The lowest BCUT2D eigenvalue weighted by atomic mass is 9.82. The summed E-state index contributed by atoms with van der Waals surface area (Å²) in [5, 5.41) is 2.50. The van der Waals surface area contributed by atoms with E-state index in [9.17, 15) is 31.9 Å². The first-order valence-electron chi connectivity index (χ1n) is 14.0. The number of carbonyl (C=O) groups excluding carboxylic acids is 2. The minimum Gasteiger partial charge on any atom is -0.493 e. The number of rotatable bonds is 14. The number of ether oxygens (including phenoxy) is 1. The van der Waals surface area contributed by atoms with E-state index in [4.69, 9.17) is 16.3 Å². The highest BCUT2D eigenvalue weighted by Crippen LogP contribution is 2.32. The third-order valence-corrected chi connectivity index (χ3v) is 7.35. The van der Waals surface area contributed by atoms with Crippen molar-refractivity contribution < 1.29 is 31.9 Å². The van der Waals surface area contributed by atoms with Gasteiger partial charge in [0.2, 0.25) is 5.91 Å². The van der Waals surface area contributed by atoms with Gasteiger partial charge < -0.3 is 10.1 Å². The van der Waals surface area contributed by atoms with Crippen LogP contribution in [0.25, 0.3) is 5.69 Å². The van der Waals surface area contributed by atoms with E-state index < -0.39 is 35.3 Å². The molecular formula is C31H36ClF4N3O4. The van der Waals surface area contributed by atoms with E-state index in [-0.39, 0.29) is 72.9 Å². The smallest absolute Gasteiger partial charge is 0.389 e. The molecule has 0 saturated heterocycles. The molecule has 0 saturated carbocycles. The lowest BCUT2D eigenvalue weighted by Gasteiger charge is -2.23. The SMILES string of the molecule is CCOc1cc(F)c(Cl)cc1C(=O)CCC(C)(C)CC(=O)Nc1c(CCCCC(F)(F)F)n(C)n(-c2ccccc2)c1=O. The molecule has 0 aliphatic heterocycles. The molecule has 1 amide bonds. The predicted octanol–water partition coefficient (Wildman–Crippen LogP) is 7.66. The van der Waals surface area contributed by atoms with E-state index in [1.165, 1.54) is 10.7 Å². The molecule has 0 spiro atoms. The van der Waals surface area contributed by atoms with E-state index in [0.29, 0.717) is 11.4 Å². The Hall–Kier alpha value is -3.60. The number of nitrogens with one attached hydrogen (secondary N) is 1. The summed E-state index contributed by atoms with van der Waals surface area (Å²) >= 11 is 5.89. The van der Waals surface area contributed by atoms with Gasteiger partial charge in [-0.25, -0.2) is 9.07 Å². The Kier molecular flexibility index (Phi) is 11.2. The van der Waals surface area contributed by atoms with Gasteiger partial charge >= 0.3 is 6.18 Å². The number of halogens is 5. The summed E-state index contributed by atoms with van der Waals surface area (Å²) in [6, 6.07) is 11.0. The molecule has 1 N–H and O–H groups in total. The molecule has 1 heterocycles. The van der Waals surface area contributed by atoms with Crippen molar-refractivity contribution in [3.05, 3.63) is 74.9 Å². The molecule has 7 nitrogen and oxygen atoms in total. The highest BCUT2D eigenvalue weighted by atomic mass is 35.5. The zero-order chi connectivity index (χ0) is 31.9. The number of anilines is 1. The van der Waals surface area contributed by atoms with Crippen molar-refractivity contribution in [2.45, 2.75) is 71.9 Å². The van der Waals surface area contributed by atoms with Gasteiger partial charge in [-0.05, 0) is 56.2 Å². The Morgan fingerprint density at radius 3 is 2.35 bits per heavy atom. The molecule has 43 heavy (non-hydrogen) atoms. The number of unbranched alkanes of at least 4 members (excludes halogenated alkanes) is 1. The molecule has 12 heteroatoms. The maximum absolute atomic E-state index is 13.9. The Bertz CT molecular complexity index is 1500. The van der Waals surface area contributed by atoms with Crippen LogP contribution in [0.3, 0.4) is 0 Å². The first-order valence-corrected chi connectivity index (χ1v) is 14.4. The minimum atomic E-state index is -4.28. The zero-order valence-electron chi connectivity index (χ0n) is 24.6. The van der Waals surface area contributed by atoms with Crippen molar-refractivity contribution in [3.63, 3.8) is 0 Å². The van der Waals surface area contributed by atoms with Crippen LogP contribution >= 0.6 is 11.6 Å². The van der Waals surface area contributed by atoms with Crippen LogP contribution in [0.5, 0.6) is 5.75 Å². The first-order chi connectivity index (χ1) is 20.1. The molecule has 0 unspecified atom stereocenters. The molecule has 0 aliphatic carbocycles. The number of aromatic nitrogens is 2.